The second kappa shape index (κ2) is 10.3. The lowest BCUT2D eigenvalue weighted by molar-refractivity contribution is -0.149. The average Bonchev–Trinajstić information content (AvgIpc) is 3.36. The van der Waals surface area contributed by atoms with E-state index in [0.29, 0.717) is 29.6 Å². The third-order valence-electron chi connectivity index (χ3n) is 6.18. The van der Waals surface area contributed by atoms with Crippen LogP contribution in [0.2, 0.25) is 0 Å². The lowest BCUT2D eigenvalue weighted by atomic mass is 9.74. The largest absolute Gasteiger partial charge is 0.468 e. The minimum atomic E-state index is -4.83. The fourth-order valence-electron chi connectivity index (χ4n) is 4.37. The lowest BCUT2D eigenvalue weighted by Crippen LogP contribution is -2.38. The Morgan fingerprint density at radius 2 is 1.72 bits per heavy atom. The van der Waals surface area contributed by atoms with Gasteiger partial charge in [-0.15, -0.1) is 11.3 Å². The summed E-state index contributed by atoms with van der Waals surface area (Å²) in [5, 5.41) is 5.05. The predicted octanol–water partition coefficient (Wildman–Crippen LogP) is 6.99. The molecule has 1 fully saturated rings. The number of carbonyl (C=O) groups is 2. The molecule has 1 saturated carbocycles. The van der Waals surface area contributed by atoms with Gasteiger partial charge in [0.15, 0.2) is 0 Å². The van der Waals surface area contributed by atoms with E-state index in [-0.39, 0.29) is 5.97 Å². The van der Waals surface area contributed by atoms with Crippen LogP contribution >= 0.6 is 11.3 Å². The van der Waals surface area contributed by atoms with Crippen LogP contribution < -0.4 is 10.6 Å². The summed E-state index contributed by atoms with van der Waals surface area (Å²) in [7, 11) is 1.38. The SMILES string of the molecule is COC(=O)C1(c2ncc(-c3ccc(NC(=O)Nc4c(F)cccc4C(F)(F)F)cc3)s2)CCCCC1. The van der Waals surface area contributed by atoms with Gasteiger partial charge in [0.25, 0.3) is 0 Å². The number of carbonyl (C=O) groups excluding carboxylic acids is 2. The Balaban J connectivity index is 1.48. The monoisotopic (exact) mass is 521 g/mol. The summed E-state index contributed by atoms with van der Waals surface area (Å²) in [4.78, 5) is 30.2. The number of halogens is 4. The van der Waals surface area contributed by atoms with Crippen molar-refractivity contribution < 1.29 is 31.9 Å². The first-order valence-corrected chi connectivity index (χ1v) is 12.0. The van der Waals surface area contributed by atoms with Gasteiger partial charge in [0.2, 0.25) is 0 Å². The molecule has 3 aromatic rings. The molecule has 2 N–H and O–H groups in total. The van der Waals surface area contributed by atoms with Crippen molar-refractivity contribution in [3.8, 4) is 10.4 Å². The van der Waals surface area contributed by atoms with E-state index in [2.05, 4.69) is 10.3 Å². The van der Waals surface area contributed by atoms with Crippen molar-refractivity contribution in [1.82, 2.24) is 4.98 Å². The van der Waals surface area contributed by atoms with Crippen LogP contribution in [0.5, 0.6) is 0 Å². The van der Waals surface area contributed by atoms with E-state index in [1.54, 1.807) is 30.5 Å². The standard InChI is InChI=1S/C25H23F4N3O3S/c1-35-22(33)24(12-3-2-4-13-24)21-30-14-19(36-21)15-8-10-16(11-9-15)31-23(34)32-20-17(25(27,28)29)6-5-7-18(20)26/h5-11,14H,2-4,12-13H2,1H3,(H2,31,32,34). The summed E-state index contributed by atoms with van der Waals surface area (Å²) >= 11 is 1.40. The minimum Gasteiger partial charge on any atom is -0.468 e. The summed E-state index contributed by atoms with van der Waals surface area (Å²) in [6.45, 7) is 0. The van der Waals surface area contributed by atoms with Gasteiger partial charge in [-0.3, -0.25) is 4.79 Å². The minimum absolute atomic E-state index is 0.280. The maximum Gasteiger partial charge on any atom is 0.418 e. The molecule has 1 aliphatic carbocycles. The Kier molecular flexibility index (Phi) is 7.30. The molecule has 1 aromatic heterocycles. The Labute approximate surface area is 208 Å². The van der Waals surface area contributed by atoms with Gasteiger partial charge >= 0.3 is 18.2 Å². The second-order valence-corrected chi connectivity index (χ2v) is 9.51. The maximum atomic E-state index is 14.0. The molecule has 0 radical (unpaired) electrons. The molecule has 0 bridgehead atoms. The Bertz CT molecular complexity index is 1250. The smallest absolute Gasteiger partial charge is 0.418 e. The number of benzene rings is 2. The molecule has 1 heterocycles. The number of nitrogens with zero attached hydrogens (tertiary/aromatic N) is 1. The molecule has 0 saturated heterocycles. The summed E-state index contributed by atoms with van der Waals surface area (Å²) in [6, 6.07) is 7.98. The number of rotatable bonds is 5. The number of esters is 1. The third kappa shape index (κ3) is 5.20. The highest BCUT2D eigenvalue weighted by Crippen LogP contribution is 2.44. The number of para-hydroxylation sites is 1. The summed E-state index contributed by atoms with van der Waals surface area (Å²) in [6.07, 6.45) is 1.13. The van der Waals surface area contributed by atoms with Gasteiger partial charge in [0.05, 0.1) is 23.2 Å². The number of ether oxygens (including phenoxy) is 1. The van der Waals surface area contributed by atoms with E-state index in [9.17, 15) is 27.2 Å². The van der Waals surface area contributed by atoms with Gasteiger partial charge < -0.3 is 15.4 Å². The first kappa shape index (κ1) is 25.6. The molecule has 2 aromatic carbocycles. The van der Waals surface area contributed by atoms with E-state index in [4.69, 9.17) is 4.74 Å². The van der Waals surface area contributed by atoms with Crippen LogP contribution in [0.4, 0.5) is 33.7 Å². The number of anilines is 2. The fraction of sp³-hybridized carbons (Fsp3) is 0.320. The number of amides is 2. The number of aromatic nitrogens is 1. The third-order valence-corrected chi connectivity index (χ3v) is 7.43. The van der Waals surface area contributed by atoms with Crippen molar-refractivity contribution >= 4 is 34.7 Å². The average molecular weight is 522 g/mol. The maximum absolute atomic E-state index is 14.0. The van der Waals surface area contributed by atoms with E-state index < -0.39 is 34.7 Å². The van der Waals surface area contributed by atoms with Gasteiger partial charge in [0, 0.05) is 11.9 Å². The van der Waals surface area contributed by atoms with E-state index in [1.807, 2.05) is 5.32 Å². The molecule has 0 atom stereocenters. The number of hydrogen-bond donors (Lipinski definition) is 2. The molecular formula is C25H23F4N3O3S. The number of methoxy groups -OCH3 is 1. The summed E-state index contributed by atoms with van der Waals surface area (Å²) in [5.74, 6) is -1.48. The van der Waals surface area contributed by atoms with Crippen LogP contribution in [0.15, 0.2) is 48.7 Å². The Morgan fingerprint density at radius 1 is 1.03 bits per heavy atom. The van der Waals surface area contributed by atoms with Gasteiger partial charge in [-0.25, -0.2) is 14.2 Å². The molecule has 0 aliphatic heterocycles. The molecule has 0 spiro atoms. The number of nitrogens with one attached hydrogen (secondary N) is 2. The van der Waals surface area contributed by atoms with Crippen molar-refractivity contribution in [1.29, 1.82) is 0 Å². The van der Waals surface area contributed by atoms with E-state index >= 15 is 0 Å². The summed E-state index contributed by atoms with van der Waals surface area (Å²) in [5.41, 5.74) is -1.88. The molecule has 2 amide bonds. The summed E-state index contributed by atoms with van der Waals surface area (Å²) < 4.78 is 58.5. The first-order valence-electron chi connectivity index (χ1n) is 11.2. The van der Waals surface area contributed by atoms with Crippen molar-refractivity contribution in [3.63, 3.8) is 0 Å². The number of hydrogen-bond acceptors (Lipinski definition) is 5. The van der Waals surface area contributed by atoms with Crippen LogP contribution in [0.1, 0.15) is 42.7 Å². The molecule has 36 heavy (non-hydrogen) atoms. The molecular weight excluding hydrogens is 498 g/mol. The van der Waals surface area contributed by atoms with Crippen molar-refractivity contribution in [3.05, 3.63) is 65.0 Å². The Morgan fingerprint density at radius 3 is 2.36 bits per heavy atom. The highest BCUT2D eigenvalue weighted by atomic mass is 32.1. The molecule has 0 unspecified atom stereocenters. The van der Waals surface area contributed by atoms with Crippen molar-refractivity contribution in [2.24, 2.45) is 0 Å². The molecule has 4 rings (SSSR count). The highest BCUT2D eigenvalue weighted by Gasteiger charge is 2.45. The van der Waals surface area contributed by atoms with Gasteiger partial charge in [-0.2, -0.15) is 13.2 Å². The van der Waals surface area contributed by atoms with Crippen LogP contribution in [0.25, 0.3) is 10.4 Å². The lowest BCUT2D eigenvalue weighted by Gasteiger charge is -2.32. The quantitative estimate of drug-likeness (QED) is 0.280. The van der Waals surface area contributed by atoms with E-state index in [1.165, 1.54) is 18.4 Å². The molecule has 6 nitrogen and oxygen atoms in total. The zero-order valence-electron chi connectivity index (χ0n) is 19.2. The predicted molar refractivity (Wildman–Crippen MR) is 128 cm³/mol. The van der Waals surface area contributed by atoms with Crippen LogP contribution in [0.3, 0.4) is 0 Å². The van der Waals surface area contributed by atoms with Gasteiger partial charge in [0.1, 0.15) is 16.2 Å². The van der Waals surface area contributed by atoms with Gasteiger partial charge in [-0.05, 0) is 42.7 Å². The topological polar surface area (TPSA) is 80.3 Å². The fourth-order valence-corrected chi connectivity index (χ4v) is 5.52. The number of alkyl halides is 3. The normalized spacial score (nSPS) is 15.2. The second-order valence-electron chi connectivity index (χ2n) is 8.48. The molecule has 1 aliphatic rings. The van der Waals surface area contributed by atoms with Crippen LogP contribution in [0, 0.1) is 5.82 Å². The zero-order chi connectivity index (χ0) is 25.9. The molecule has 11 heteroatoms. The van der Waals surface area contributed by atoms with Crippen molar-refractivity contribution in [2.45, 2.75) is 43.7 Å². The Hall–Kier alpha value is -3.47. The number of urea groups is 1. The van der Waals surface area contributed by atoms with Crippen LogP contribution in [-0.4, -0.2) is 24.1 Å². The van der Waals surface area contributed by atoms with Crippen LogP contribution in [-0.2, 0) is 21.1 Å². The molecule has 190 valence electrons. The number of thiazole rings is 1. The zero-order valence-corrected chi connectivity index (χ0v) is 20.1. The van der Waals surface area contributed by atoms with Gasteiger partial charge in [-0.1, -0.05) is 37.5 Å². The highest BCUT2D eigenvalue weighted by molar-refractivity contribution is 7.15. The van der Waals surface area contributed by atoms with Crippen molar-refractivity contribution in [2.75, 3.05) is 17.7 Å². The van der Waals surface area contributed by atoms with E-state index in [0.717, 1.165) is 41.8 Å². The first-order chi connectivity index (χ1) is 17.1.